The number of nitrogens with one attached hydrogen (secondary N) is 1. The van der Waals surface area contributed by atoms with E-state index in [0.29, 0.717) is 5.56 Å². The van der Waals surface area contributed by atoms with Crippen molar-refractivity contribution < 1.29 is 4.79 Å². The summed E-state index contributed by atoms with van der Waals surface area (Å²) in [6.07, 6.45) is 1.74. The van der Waals surface area contributed by atoms with Crippen LogP contribution >= 0.6 is 31.9 Å². The van der Waals surface area contributed by atoms with Gasteiger partial charge in [0, 0.05) is 26.1 Å². The largest absolute Gasteiger partial charge is 0.321 e. The second-order valence-corrected chi connectivity index (χ2v) is 6.26. The van der Waals surface area contributed by atoms with Crippen molar-refractivity contribution >= 4 is 54.4 Å². The molecule has 104 valence electrons. The van der Waals surface area contributed by atoms with E-state index in [2.05, 4.69) is 42.2 Å². The van der Waals surface area contributed by atoms with Gasteiger partial charge in [-0.15, -0.1) is 0 Å². The van der Waals surface area contributed by atoms with E-state index in [0.717, 1.165) is 25.5 Å². The number of aromatic nitrogens is 1. The lowest BCUT2D eigenvalue weighted by Crippen LogP contribution is -2.12. The predicted molar refractivity (Wildman–Crippen MR) is 91.5 cm³/mol. The van der Waals surface area contributed by atoms with Gasteiger partial charge in [0.2, 0.25) is 0 Å². The number of anilines is 1. The molecular formula is C16H10Br2N2O. The zero-order valence-electron chi connectivity index (χ0n) is 10.8. The Morgan fingerprint density at radius 2 is 1.90 bits per heavy atom. The number of hydrogen-bond donors (Lipinski definition) is 1. The summed E-state index contributed by atoms with van der Waals surface area (Å²) in [5, 5.41) is 3.84. The lowest BCUT2D eigenvalue weighted by atomic mass is 10.1. The number of fused-ring (bicyclic) bond motifs is 1. The number of amides is 1. The Balaban J connectivity index is 1.91. The molecule has 0 radical (unpaired) electrons. The first kappa shape index (κ1) is 14.2. The Hall–Kier alpha value is -1.72. The molecule has 1 N–H and O–H groups in total. The second kappa shape index (κ2) is 5.95. The van der Waals surface area contributed by atoms with Crippen molar-refractivity contribution in [2.24, 2.45) is 0 Å². The van der Waals surface area contributed by atoms with Gasteiger partial charge in [0.1, 0.15) is 0 Å². The van der Waals surface area contributed by atoms with Gasteiger partial charge >= 0.3 is 0 Å². The molecule has 0 unspecified atom stereocenters. The molecule has 0 bridgehead atoms. The Morgan fingerprint density at radius 1 is 1.05 bits per heavy atom. The predicted octanol–water partition coefficient (Wildman–Crippen LogP) is 5.01. The van der Waals surface area contributed by atoms with E-state index in [-0.39, 0.29) is 5.91 Å². The molecular weight excluding hydrogens is 396 g/mol. The normalized spacial score (nSPS) is 10.6. The number of nitrogens with zero attached hydrogens (tertiary/aromatic N) is 1. The van der Waals surface area contributed by atoms with Crippen molar-refractivity contribution in [1.29, 1.82) is 0 Å². The highest BCUT2D eigenvalue weighted by Crippen LogP contribution is 2.26. The molecule has 0 aliphatic rings. The van der Waals surface area contributed by atoms with Gasteiger partial charge in [0.25, 0.3) is 5.91 Å². The smallest absolute Gasteiger partial charge is 0.255 e. The van der Waals surface area contributed by atoms with E-state index in [9.17, 15) is 4.79 Å². The molecule has 2 aromatic carbocycles. The Labute approximate surface area is 138 Å². The highest BCUT2D eigenvalue weighted by Gasteiger charge is 2.09. The van der Waals surface area contributed by atoms with Crippen LogP contribution in [0, 0.1) is 0 Å². The van der Waals surface area contributed by atoms with Crippen molar-refractivity contribution in [3.8, 4) is 0 Å². The van der Waals surface area contributed by atoms with Crippen LogP contribution in [0.15, 0.2) is 63.7 Å². The fourth-order valence-corrected chi connectivity index (χ4v) is 2.71. The molecule has 21 heavy (non-hydrogen) atoms. The van der Waals surface area contributed by atoms with Crippen LogP contribution in [0.3, 0.4) is 0 Å². The summed E-state index contributed by atoms with van der Waals surface area (Å²) in [5.74, 6) is -0.153. The van der Waals surface area contributed by atoms with E-state index in [4.69, 9.17) is 0 Å². The van der Waals surface area contributed by atoms with Gasteiger partial charge in [-0.25, -0.2) is 0 Å². The van der Waals surface area contributed by atoms with E-state index < -0.39 is 0 Å². The fraction of sp³-hybridized carbons (Fsp3) is 0. The molecule has 0 aliphatic carbocycles. The van der Waals surface area contributed by atoms with E-state index >= 15 is 0 Å². The number of halogens is 2. The van der Waals surface area contributed by atoms with Crippen LogP contribution < -0.4 is 5.32 Å². The summed E-state index contributed by atoms with van der Waals surface area (Å²) in [6, 6.07) is 14.9. The zero-order chi connectivity index (χ0) is 14.8. The summed E-state index contributed by atoms with van der Waals surface area (Å²) in [6.45, 7) is 0. The van der Waals surface area contributed by atoms with Crippen LogP contribution in [0.2, 0.25) is 0 Å². The number of pyridine rings is 1. The summed E-state index contributed by atoms with van der Waals surface area (Å²) >= 11 is 6.82. The monoisotopic (exact) mass is 404 g/mol. The minimum absolute atomic E-state index is 0.153. The highest BCUT2D eigenvalue weighted by molar-refractivity contribution is 9.11. The van der Waals surface area contributed by atoms with Crippen LogP contribution in [-0.4, -0.2) is 10.9 Å². The standard InChI is InChI=1S/C16H10Br2N2O/c17-12-4-5-13(18)15(9-12)20-16(21)11-3-6-14-10(8-11)2-1-7-19-14/h1-9H,(H,20,21). The van der Waals surface area contributed by atoms with Crippen LogP contribution in [0.25, 0.3) is 10.9 Å². The van der Waals surface area contributed by atoms with Gasteiger partial charge in [-0.3, -0.25) is 9.78 Å². The maximum Gasteiger partial charge on any atom is 0.255 e. The van der Waals surface area contributed by atoms with Crippen molar-refractivity contribution in [1.82, 2.24) is 4.98 Å². The number of carbonyl (C=O) groups is 1. The Kier molecular flexibility index (Phi) is 4.03. The third-order valence-electron chi connectivity index (χ3n) is 3.04. The van der Waals surface area contributed by atoms with E-state index in [1.54, 1.807) is 12.3 Å². The van der Waals surface area contributed by atoms with Crippen LogP contribution in [0.4, 0.5) is 5.69 Å². The topological polar surface area (TPSA) is 42.0 Å². The second-order valence-electron chi connectivity index (χ2n) is 4.49. The molecule has 1 aromatic heterocycles. The van der Waals surface area contributed by atoms with Gasteiger partial charge in [-0.2, -0.15) is 0 Å². The van der Waals surface area contributed by atoms with Gasteiger partial charge in [0.15, 0.2) is 0 Å². The average Bonchev–Trinajstić information content (AvgIpc) is 2.50. The van der Waals surface area contributed by atoms with Gasteiger partial charge in [0.05, 0.1) is 11.2 Å². The van der Waals surface area contributed by atoms with Crippen molar-refractivity contribution in [3.63, 3.8) is 0 Å². The summed E-state index contributed by atoms with van der Waals surface area (Å²) in [5.41, 5.74) is 2.20. The molecule has 0 aliphatic heterocycles. The molecule has 3 rings (SSSR count). The molecule has 0 fully saturated rings. The van der Waals surface area contributed by atoms with Crippen molar-refractivity contribution in [2.75, 3.05) is 5.32 Å². The quantitative estimate of drug-likeness (QED) is 0.650. The van der Waals surface area contributed by atoms with Crippen LogP contribution in [0.1, 0.15) is 10.4 Å². The molecule has 1 amide bonds. The van der Waals surface area contributed by atoms with E-state index in [1.807, 2.05) is 42.5 Å². The minimum atomic E-state index is -0.153. The SMILES string of the molecule is O=C(Nc1cc(Br)ccc1Br)c1ccc2ncccc2c1. The third-order valence-corrected chi connectivity index (χ3v) is 4.23. The lowest BCUT2D eigenvalue weighted by Gasteiger charge is -2.08. The third kappa shape index (κ3) is 3.14. The molecule has 3 aromatic rings. The lowest BCUT2D eigenvalue weighted by molar-refractivity contribution is 0.102. The van der Waals surface area contributed by atoms with Gasteiger partial charge in [-0.1, -0.05) is 22.0 Å². The highest BCUT2D eigenvalue weighted by atomic mass is 79.9. The Bertz CT molecular complexity index is 833. The number of rotatable bonds is 2. The molecule has 0 spiro atoms. The summed E-state index contributed by atoms with van der Waals surface area (Å²) in [4.78, 5) is 16.6. The van der Waals surface area contributed by atoms with Crippen LogP contribution in [-0.2, 0) is 0 Å². The molecule has 5 heteroatoms. The van der Waals surface area contributed by atoms with Gasteiger partial charge < -0.3 is 5.32 Å². The zero-order valence-corrected chi connectivity index (χ0v) is 14.0. The number of benzene rings is 2. The van der Waals surface area contributed by atoms with Crippen LogP contribution in [0.5, 0.6) is 0 Å². The first-order chi connectivity index (χ1) is 10.1. The molecule has 0 saturated carbocycles. The number of hydrogen-bond acceptors (Lipinski definition) is 2. The molecule has 0 atom stereocenters. The van der Waals surface area contributed by atoms with Crippen molar-refractivity contribution in [3.05, 3.63) is 69.2 Å². The molecule has 1 heterocycles. The van der Waals surface area contributed by atoms with E-state index in [1.165, 1.54) is 0 Å². The number of carbonyl (C=O) groups excluding carboxylic acids is 1. The van der Waals surface area contributed by atoms with Gasteiger partial charge in [-0.05, 0) is 58.4 Å². The molecule has 0 saturated heterocycles. The summed E-state index contributed by atoms with van der Waals surface area (Å²) < 4.78 is 1.74. The fourth-order valence-electron chi connectivity index (χ4n) is 2.00. The maximum atomic E-state index is 12.4. The maximum absolute atomic E-state index is 12.4. The first-order valence-corrected chi connectivity index (χ1v) is 7.83. The molecule has 3 nitrogen and oxygen atoms in total. The summed E-state index contributed by atoms with van der Waals surface area (Å²) in [7, 11) is 0. The average molecular weight is 406 g/mol. The minimum Gasteiger partial charge on any atom is -0.321 e. The Morgan fingerprint density at radius 3 is 2.76 bits per heavy atom. The first-order valence-electron chi connectivity index (χ1n) is 6.25. The van der Waals surface area contributed by atoms with Crippen molar-refractivity contribution in [2.45, 2.75) is 0 Å².